The Labute approximate surface area is 174 Å². The molecule has 1 aromatic rings. The van der Waals surface area contributed by atoms with Crippen LogP contribution in [-0.2, 0) is 10.0 Å². The molecule has 0 aromatic heterocycles. The number of carbonyl (C=O) groups is 1. The summed E-state index contributed by atoms with van der Waals surface area (Å²) < 4.78 is 26.6. The van der Waals surface area contributed by atoms with Gasteiger partial charge in [0.05, 0.1) is 10.5 Å². The van der Waals surface area contributed by atoms with Gasteiger partial charge in [0.25, 0.3) is 5.91 Å². The average Bonchev–Trinajstić information content (AvgIpc) is 3.27. The lowest BCUT2D eigenvalue weighted by Crippen LogP contribution is -2.45. The second-order valence-electron chi connectivity index (χ2n) is 9.00. The SMILES string of the molecule is CN(C)S(=O)(=O)c1ccc(N2CCCC2)c(C(=O)N2CC[C@@H]3CCCC[C@@H]3C2)c1. The van der Waals surface area contributed by atoms with Gasteiger partial charge in [-0.05, 0) is 55.7 Å². The number of likely N-dealkylation sites (tertiary alicyclic amines) is 1. The number of anilines is 1. The molecule has 1 aromatic carbocycles. The highest BCUT2D eigenvalue weighted by molar-refractivity contribution is 7.89. The Morgan fingerprint density at radius 2 is 1.66 bits per heavy atom. The van der Waals surface area contributed by atoms with Crippen molar-refractivity contribution in [3.05, 3.63) is 23.8 Å². The first-order valence-electron chi connectivity index (χ1n) is 11.0. The Hall–Kier alpha value is -1.60. The number of hydrogen-bond donors (Lipinski definition) is 0. The fraction of sp³-hybridized carbons (Fsp3) is 0.682. The molecule has 2 aliphatic heterocycles. The fourth-order valence-electron chi connectivity index (χ4n) is 5.25. The second-order valence-corrected chi connectivity index (χ2v) is 11.2. The molecule has 2 atom stereocenters. The van der Waals surface area contributed by atoms with E-state index >= 15 is 0 Å². The van der Waals surface area contributed by atoms with Gasteiger partial charge in [-0.25, -0.2) is 12.7 Å². The lowest BCUT2D eigenvalue weighted by molar-refractivity contribution is 0.0521. The van der Waals surface area contributed by atoms with Gasteiger partial charge in [-0.15, -0.1) is 0 Å². The Balaban J connectivity index is 1.66. The van der Waals surface area contributed by atoms with Crippen LogP contribution in [0.3, 0.4) is 0 Å². The van der Waals surface area contributed by atoms with Crippen LogP contribution in [0, 0.1) is 11.8 Å². The van der Waals surface area contributed by atoms with Gasteiger partial charge in [0.15, 0.2) is 0 Å². The topological polar surface area (TPSA) is 60.9 Å². The van der Waals surface area contributed by atoms with Gasteiger partial charge in [-0.1, -0.05) is 19.3 Å². The van der Waals surface area contributed by atoms with Gasteiger partial charge in [-0.2, -0.15) is 0 Å². The smallest absolute Gasteiger partial charge is 0.256 e. The minimum Gasteiger partial charge on any atom is -0.371 e. The van der Waals surface area contributed by atoms with Crippen molar-refractivity contribution in [1.82, 2.24) is 9.21 Å². The molecular weight excluding hydrogens is 386 g/mol. The third-order valence-corrected chi connectivity index (χ3v) is 8.81. The van der Waals surface area contributed by atoms with Crippen LogP contribution in [-0.4, -0.2) is 63.8 Å². The summed E-state index contributed by atoms with van der Waals surface area (Å²) in [6.45, 7) is 3.44. The summed E-state index contributed by atoms with van der Waals surface area (Å²) in [4.78, 5) is 18.0. The van der Waals surface area contributed by atoms with E-state index in [2.05, 4.69) is 4.90 Å². The number of amides is 1. The summed E-state index contributed by atoms with van der Waals surface area (Å²) in [6, 6.07) is 5.09. The quantitative estimate of drug-likeness (QED) is 0.752. The molecule has 160 valence electrons. The van der Waals surface area contributed by atoms with Crippen LogP contribution in [0.5, 0.6) is 0 Å². The summed E-state index contributed by atoms with van der Waals surface area (Å²) in [6.07, 6.45) is 8.38. The number of sulfonamides is 1. The normalized spacial score (nSPS) is 25.3. The molecule has 1 aliphatic carbocycles. The number of benzene rings is 1. The highest BCUT2D eigenvalue weighted by Gasteiger charge is 2.35. The molecule has 6 nitrogen and oxygen atoms in total. The van der Waals surface area contributed by atoms with E-state index in [1.165, 1.54) is 44.1 Å². The van der Waals surface area contributed by atoms with Crippen LogP contribution in [0.2, 0.25) is 0 Å². The van der Waals surface area contributed by atoms with Gasteiger partial charge in [0, 0.05) is 46.0 Å². The van der Waals surface area contributed by atoms with Crippen molar-refractivity contribution >= 4 is 21.6 Å². The number of carbonyl (C=O) groups excluding carboxylic acids is 1. The molecule has 7 heteroatoms. The molecule has 3 aliphatic rings. The van der Waals surface area contributed by atoms with E-state index in [0.717, 1.165) is 57.0 Å². The lowest BCUT2D eigenvalue weighted by atomic mass is 9.75. The van der Waals surface area contributed by atoms with Crippen LogP contribution >= 0.6 is 0 Å². The fourth-order valence-corrected chi connectivity index (χ4v) is 6.18. The molecule has 1 saturated carbocycles. The van der Waals surface area contributed by atoms with Crippen molar-refractivity contribution < 1.29 is 13.2 Å². The average molecular weight is 420 g/mol. The number of rotatable bonds is 4. The van der Waals surface area contributed by atoms with Gasteiger partial charge >= 0.3 is 0 Å². The largest absolute Gasteiger partial charge is 0.371 e. The third kappa shape index (κ3) is 4.04. The summed E-state index contributed by atoms with van der Waals surface area (Å²) in [7, 11) is -0.525. The summed E-state index contributed by atoms with van der Waals surface area (Å²) in [5.41, 5.74) is 1.43. The first-order chi connectivity index (χ1) is 13.9. The van der Waals surface area contributed by atoms with E-state index in [1.807, 2.05) is 11.0 Å². The number of fused-ring (bicyclic) bond motifs is 1. The molecule has 3 fully saturated rings. The van der Waals surface area contributed by atoms with Crippen LogP contribution < -0.4 is 4.90 Å². The predicted octanol–water partition coefficient (Wildman–Crippen LogP) is 3.19. The molecule has 2 heterocycles. The van der Waals surface area contributed by atoms with Crippen LogP contribution in [0.1, 0.15) is 55.3 Å². The maximum Gasteiger partial charge on any atom is 0.256 e. The Bertz CT molecular complexity index is 862. The summed E-state index contributed by atoms with van der Waals surface area (Å²) >= 11 is 0. The number of nitrogens with zero attached hydrogens (tertiary/aromatic N) is 3. The zero-order chi connectivity index (χ0) is 20.6. The minimum absolute atomic E-state index is 0.00766. The van der Waals surface area contributed by atoms with Gasteiger partial charge < -0.3 is 9.80 Å². The number of piperidine rings is 1. The van der Waals surface area contributed by atoms with Crippen molar-refractivity contribution in [2.45, 2.75) is 49.8 Å². The van der Waals surface area contributed by atoms with Gasteiger partial charge in [0.1, 0.15) is 0 Å². The van der Waals surface area contributed by atoms with Crippen molar-refractivity contribution in [3.63, 3.8) is 0 Å². The molecule has 0 bridgehead atoms. The highest BCUT2D eigenvalue weighted by Crippen LogP contribution is 2.37. The van der Waals surface area contributed by atoms with Gasteiger partial charge in [-0.3, -0.25) is 4.79 Å². The first-order valence-corrected chi connectivity index (χ1v) is 12.4. The zero-order valence-electron chi connectivity index (χ0n) is 17.6. The van der Waals surface area contributed by atoms with Crippen molar-refractivity contribution in [3.8, 4) is 0 Å². The zero-order valence-corrected chi connectivity index (χ0v) is 18.5. The number of hydrogen-bond acceptors (Lipinski definition) is 4. The van der Waals surface area contributed by atoms with Crippen molar-refractivity contribution in [2.75, 3.05) is 45.2 Å². The third-order valence-electron chi connectivity index (χ3n) is 7.00. The van der Waals surface area contributed by atoms with E-state index in [-0.39, 0.29) is 10.8 Å². The van der Waals surface area contributed by atoms with E-state index in [0.29, 0.717) is 11.5 Å². The minimum atomic E-state index is -3.58. The Kier molecular flexibility index (Phi) is 5.89. The maximum atomic E-state index is 13.6. The van der Waals surface area contributed by atoms with E-state index in [4.69, 9.17) is 0 Å². The van der Waals surface area contributed by atoms with E-state index in [9.17, 15) is 13.2 Å². The monoisotopic (exact) mass is 419 g/mol. The van der Waals surface area contributed by atoms with Crippen LogP contribution in [0.25, 0.3) is 0 Å². The molecule has 0 N–H and O–H groups in total. The molecule has 0 unspecified atom stereocenters. The molecule has 0 spiro atoms. The first kappa shape index (κ1) is 20.7. The molecule has 4 rings (SSSR count). The molecule has 1 amide bonds. The predicted molar refractivity (Wildman–Crippen MR) is 115 cm³/mol. The molecule has 2 saturated heterocycles. The maximum absolute atomic E-state index is 13.6. The van der Waals surface area contributed by atoms with Crippen LogP contribution in [0.4, 0.5) is 5.69 Å². The van der Waals surface area contributed by atoms with Crippen molar-refractivity contribution in [1.29, 1.82) is 0 Å². The second kappa shape index (κ2) is 8.26. The summed E-state index contributed by atoms with van der Waals surface area (Å²) in [5, 5.41) is 0. The molecule has 29 heavy (non-hydrogen) atoms. The van der Waals surface area contributed by atoms with Gasteiger partial charge in [0.2, 0.25) is 10.0 Å². The summed E-state index contributed by atoms with van der Waals surface area (Å²) in [5.74, 6) is 1.35. The van der Waals surface area contributed by atoms with E-state index in [1.54, 1.807) is 12.1 Å². The Morgan fingerprint density at radius 3 is 2.34 bits per heavy atom. The van der Waals surface area contributed by atoms with E-state index < -0.39 is 10.0 Å². The Morgan fingerprint density at radius 1 is 0.966 bits per heavy atom. The van der Waals surface area contributed by atoms with Crippen molar-refractivity contribution in [2.24, 2.45) is 11.8 Å². The lowest BCUT2D eigenvalue weighted by Gasteiger charge is -2.41. The molecule has 0 radical (unpaired) electrons. The standard InChI is InChI=1S/C22H33N3O3S/c1-23(2)29(27,28)19-9-10-21(24-12-5-6-13-24)20(15-19)22(26)25-14-11-17-7-3-4-8-18(17)16-25/h9-10,15,17-18H,3-8,11-14,16H2,1-2H3/t17-,18+/m0/s1. The highest BCUT2D eigenvalue weighted by atomic mass is 32.2. The molecular formula is C22H33N3O3S. The van der Waals surface area contributed by atoms with Crippen LogP contribution in [0.15, 0.2) is 23.1 Å².